The summed E-state index contributed by atoms with van der Waals surface area (Å²) in [6.45, 7) is 2.17. The zero-order chi connectivity index (χ0) is 14.1. The van der Waals surface area contributed by atoms with Crippen molar-refractivity contribution in [1.82, 2.24) is 10.2 Å². The molecule has 0 aromatic heterocycles. The Morgan fingerprint density at radius 3 is 2.79 bits per heavy atom. The van der Waals surface area contributed by atoms with E-state index >= 15 is 0 Å². The van der Waals surface area contributed by atoms with Gasteiger partial charge in [0.1, 0.15) is 12.4 Å². The Hall–Kier alpha value is -1.07. The van der Waals surface area contributed by atoms with Crippen LogP contribution in [-0.4, -0.2) is 49.9 Å². The first-order valence-electron chi connectivity index (χ1n) is 6.31. The predicted octanol–water partition coefficient (Wildman–Crippen LogP) is 1.68. The quantitative estimate of drug-likeness (QED) is 0.738. The molecule has 1 aromatic carbocycles. The normalized spacial score (nSPS) is 10.5. The Kier molecular flexibility index (Phi) is 7.52. The van der Waals surface area contributed by atoms with Crippen LogP contribution in [0.15, 0.2) is 24.3 Å². The molecule has 0 atom stereocenters. The number of nitrogens with zero attached hydrogens (tertiary/aromatic N) is 1. The van der Waals surface area contributed by atoms with Crippen LogP contribution in [0.2, 0.25) is 0 Å². The number of hydrogen-bond acceptors (Lipinski definition) is 3. The molecule has 0 saturated heterocycles. The van der Waals surface area contributed by atoms with Crippen molar-refractivity contribution in [3.05, 3.63) is 29.8 Å². The highest BCUT2D eigenvalue weighted by Crippen LogP contribution is 2.18. The minimum Gasteiger partial charge on any atom is -0.492 e. The molecule has 1 rings (SSSR count). The van der Waals surface area contributed by atoms with Crippen molar-refractivity contribution in [2.45, 2.75) is 6.42 Å². The summed E-state index contributed by atoms with van der Waals surface area (Å²) >= 11 is 3.12. The monoisotopic (exact) mass is 328 g/mol. The number of rotatable bonds is 8. The van der Waals surface area contributed by atoms with Crippen LogP contribution in [0.5, 0.6) is 5.75 Å². The standard InChI is InChI=1S/C14H21BrN2O2/c1-17(2)9-10-19-13-6-4-3-5-12(13)7-8-16-14(18)11-15/h3-6H,7-11H2,1-2H3,(H,16,18). The Morgan fingerprint density at radius 2 is 2.11 bits per heavy atom. The summed E-state index contributed by atoms with van der Waals surface area (Å²) in [7, 11) is 4.04. The third-order valence-corrected chi connectivity index (χ3v) is 3.12. The summed E-state index contributed by atoms with van der Waals surface area (Å²) in [4.78, 5) is 13.2. The fourth-order valence-corrected chi connectivity index (χ4v) is 1.77. The van der Waals surface area contributed by atoms with E-state index < -0.39 is 0 Å². The molecular formula is C14H21BrN2O2. The second-order valence-electron chi connectivity index (χ2n) is 4.49. The Morgan fingerprint density at radius 1 is 1.37 bits per heavy atom. The fourth-order valence-electron chi connectivity index (χ4n) is 1.57. The highest BCUT2D eigenvalue weighted by Gasteiger charge is 2.04. The lowest BCUT2D eigenvalue weighted by molar-refractivity contribution is -0.118. The minimum absolute atomic E-state index is 0.00556. The number of nitrogens with one attached hydrogen (secondary N) is 1. The van der Waals surface area contributed by atoms with Crippen LogP contribution in [0.25, 0.3) is 0 Å². The van der Waals surface area contributed by atoms with Gasteiger partial charge in [-0.25, -0.2) is 0 Å². The highest BCUT2D eigenvalue weighted by molar-refractivity contribution is 9.09. The largest absolute Gasteiger partial charge is 0.492 e. The van der Waals surface area contributed by atoms with Gasteiger partial charge in [0.15, 0.2) is 0 Å². The molecule has 0 fully saturated rings. The maximum absolute atomic E-state index is 11.1. The number of hydrogen-bond donors (Lipinski definition) is 1. The first-order valence-corrected chi connectivity index (χ1v) is 7.43. The third kappa shape index (κ3) is 6.59. The van der Waals surface area contributed by atoms with Gasteiger partial charge >= 0.3 is 0 Å². The highest BCUT2D eigenvalue weighted by atomic mass is 79.9. The average molecular weight is 329 g/mol. The number of amides is 1. The number of benzene rings is 1. The first kappa shape index (κ1) is 16.0. The van der Waals surface area contributed by atoms with Gasteiger partial charge in [0.2, 0.25) is 5.91 Å². The summed E-state index contributed by atoms with van der Waals surface area (Å²) < 4.78 is 5.77. The molecule has 0 radical (unpaired) electrons. The van der Waals surface area contributed by atoms with Crippen molar-refractivity contribution in [1.29, 1.82) is 0 Å². The molecule has 5 heteroatoms. The molecule has 0 unspecified atom stereocenters. The molecule has 0 aliphatic rings. The topological polar surface area (TPSA) is 41.6 Å². The predicted molar refractivity (Wildman–Crippen MR) is 81.0 cm³/mol. The van der Waals surface area contributed by atoms with Crippen LogP contribution in [0.3, 0.4) is 0 Å². The first-order chi connectivity index (χ1) is 9.13. The van der Waals surface area contributed by atoms with Crippen LogP contribution in [0, 0.1) is 0 Å². The summed E-state index contributed by atoms with van der Waals surface area (Å²) in [5.74, 6) is 0.906. The molecule has 106 valence electrons. The van der Waals surface area contributed by atoms with E-state index in [4.69, 9.17) is 4.74 Å². The summed E-state index contributed by atoms with van der Waals surface area (Å²) in [6, 6.07) is 7.95. The van der Waals surface area contributed by atoms with E-state index in [2.05, 4.69) is 26.1 Å². The maximum Gasteiger partial charge on any atom is 0.230 e. The van der Waals surface area contributed by atoms with Gasteiger partial charge in [-0.2, -0.15) is 0 Å². The van der Waals surface area contributed by atoms with E-state index in [1.54, 1.807) is 0 Å². The van der Waals surface area contributed by atoms with Crippen molar-refractivity contribution in [2.24, 2.45) is 0 Å². The molecule has 0 saturated carbocycles. The number of para-hydroxylation sites is 1. The zero-order valence-corrected chi connectivity index (χ0v) is 13.1. The Labute approximate surface area is 123 Å². The van der Waals surface area contributed by atoms with Crippen LogP contribution < -0.4 is 10.1 Å². The van der Waals surface area contributed by atoms with Gasteiger partial charge in [0.25, 0.3) is 0 Å². The van der Waals surface area contributed by atoms with E-state index in [1.807, 2.05) is 38.4 Å². The maximum atomic E-state index is 11.1. The summed E-state index contributed by atoms with van der Waals surface area (Å²) in [6.07, 6.45) is 0.775. The number of halogens is 1. The van der Waals surface area contributed by atoms with Gasteiger partial charge in [0, 0.05) is 13.1 Å². The average Bonchev–Trinajstić information content (AvgIpc) is 2.40. The third-order valence-electron chi connectivity index (χ3n) is 2.61. The Bertz CT molecular complexity index is 397. The van der Waals surface area contributed by atoms with Gasteiger partial charge < -0.3 is 15.0 Å². The van der Waals surface area contributed by atoms with Gasteiger partial charge in [0.05, 0.1) is 5.33 Å². The number of alkyl halides is 1. The SMILES string of the molecule is CN(C)CCOc1ccccc1CCNC(=O)CBr. The number of ether oxygens (including phenoxy) is 1. The molecule has 1 N–H and O–H groups in total. The van der Waals surface area contributed by atoms with Crippen LogP contribution >= 0.6 is 15.9 Å². The van der Waals surface area contributed by atoms with E-state index in [0.29, 0.717) is 18.5 Å². The van der Waals surface area contributed by atoms with Gasteiger partial charge in [-0.15, -0.1) is 0 Å². The lowest BCUT2D eigenvalue weighted by Gasteiger charge is -2.14. The molecule has 0 heterocycles. The van der Waals surface area contributed by atoms with Gasteiger partial charge in [-0.3, -0.25) is 4.79 Å². The molecule has 0 aliphatic heterocycles. The van der Waals surface area contributed by atoms with Crippen molar-refractivity contribution >= 4 is 21.8 Å². The number of likely N-dealkylation sites (N-methyl/N-ethyl adjacent to an activating group) is 1. The molecule has 1 aromatic rings. The van der Waals surface area contributed by atoms with Crippen LogP contribution in [-0.2, 0) is 11.2 Å². The van der Waals surface area contributed by atoms with E-state index in [9.17, 15) is 4.79 Å². The molecule has 0 bridgehead atoms. The molecular weight excluding hydrogens is 308 g/mol. The van der Waals surface area contributed by atoms with Crippen molar-refractivity contribution in [2.75, 3.05) is 39.1 Å². The molecule has 0 aliphatic carbocycles. The van der Waals surface area contributed by atoms with Crippen LogP contribution in [0.1, 0.15) is 5.56 Å². The number of carbonyl (C=O) groups is 1. The van der Waals surface area contributed by atoms with E-state index in [1.165, 1.54) is 0 Å². The van der Waals surface area contributed by atoms with Crippen molar-refractivity contribution in [3.63, 3.8) is 0 Å². The molecule has 4 nitrogen and oxygen atoms in total. The van der Waals surface area contributed by atoms with Gasteiger partial charge in [-0.1, -0.05) is 34.1 Å². The summed E-state index contributed by atoms with van der Waals surface area (Å²) in [5, 5.41) is 3.17. The molecule has 1 amide bonds. The lowest BCUT2D eigenvalue weighted by atomic mass is 10.1. The number of carbonyl (C=O) groups excluding carboxylic acids is 1. The zero-order valence-electron chi connectivity index (χ0n) is 11.5. The molecule has 0 spiro atoms. The van der Waals surface area contributed by atoms with Crippen LogP contribution in [0.4, 0.5) is 0 Å². The Balaban J connectivity index is 2.46. The molecule has 19 heavy (non-hydrogen) atoms. The van der Waals surface area contributed by atoms with E-state index in [-0.39, 0.29) is 5.91 Å². The minimum atomic E-state index is 0.00556. The van der Waals surface area contributed by atoms with Crippen molar-refractivity contribution in [3.8, 4) is 5.75 Å². The second kappa shape index (κ2) is 8.93. The fraction of sp³-hybridized carbons (Fsp3) is 0.500. The lowest BCUT2D eigenvalue weighted by Crippen LogP contribution is -2.26. The van der Waals surface area contributed by atoms with E-state index in [0.717, 1.165) is 24.3 Å². The summed E-state index contributed by atoms with van der Waals surface area (Å²) in [5.41, 5.74) is 1.12. The van der Waals surface area contributed by atoms with Gasteiger partial charge in [-0.05, 0) is 32.1 Å². The second-order valence-corrected chi connectivity index (χ2v) is 5.05. The van der Waals surface area contributed by atoms with Crippen molar-refractivity contribution < 1.29 is 9.53 Å². The smallest absolute Gasteiger partial charge is 0.230 e.